The van der Waals surface area contributed by atoms with Crippen LogP contribution in [-0.2, 0) is 9.53 Å². The van der Waals surface area contributed by atoms with E-state index >= 15 is 0 Å². The number of amides is 1. The molecule has 1 amide bonds. The molecule has 6 heteroatoms. The highest BCUT2D eigenvalue weighted by Gasteiger charge is 2.30. The minimum absolute atomic E-state index is 0.0629. The molecule has 1 fully saturated rings. The lowest BCUT2D eigenvalue weighted by molar-refractivity contribution is -0.124. The maximum Gasteiger partial charge on any atom is 0.245 e. The Morgan fingerprint density at radius 2 is 2.38 bits per heavy atom. The molecule has 21 heavy (non-hydrogen) atoms. The first-order valence-corrected chi connectivity index (χ1v) is 7.42. The summed E-state index contributed by atoms with van der Waals surface area (Å²) in [4.78, 5) is 25.0. The van der Waals surface area contributed by atoms with Gasteiger partial charge in [0.15, 0.2) is 0 Å². The van der Waals surface area contributed by atoms with Crippen LogP contribution in [0.4, 0.5) is 5.69 Å². The Labute approximate surface area is 129 Å². The maximum absolute atomic E-state index is 12.2. The summed E-state index contributed by atoms with van der Waals surface area (Å²) < 4.78 is 5.42. The molecule has 1 aromatic rings. The molecule has 1 N–H and O–H groups in total. The van der Waals surface area contributed by atoms with Crippen LogP contribution in [0.5, 0.6) is 0 Å². The second-order valence-electron chi connectivity index (χ2n) is 4.90. The average Bonchev–Trinajstić information content (AvgIpc) is 2.52. The SMILES string of the molecule is CCCNC(=O)C1COCCN1c1ccc(C=O)cc1Cl. The van der Waals surface area contributed by atoms with E-state index in [0.29, 0.717) is 36.9 Å². The predicted molar refractivity (Wildman–Crippen MR) is 82.1 cm³/mol. The summed E-state index contributed by atoms with van der Waals surface area (Å²) in [5.41, 5.74) is 1.27. The van der Waals surface area contributed by atoms with Crippen molar-refractivity contribution in [2.75, 3.05) is 31.2 Å². The van der Waals surface area contributed by atoms with E-state index in [2.05, 4.69) is 5.32 Å². The summed E-state index contributed by atoms with van der Waals surface area (Å²) in [7, 11) is 0. The summed E-state index contributed by atoms with van der Waals surface area (Å²) in [5, 5.41) is 3.35. The van der Waals surface area contributed by atoms with Gasteiger partial charge in [0.2, 0.25) is 5.91 Å². The molecule has 1 aliphatic rings. The number of hydrogen-bond donors (Lipinski definition) is 1. The normalized spacial score (nSPS) is 18.4. The van der Waals surface area contributed by atoms with Crippen LogP contribution >= 0.6 is 11.6 Å². The fourth-order valence-electron chi connectivity index (χ4n) is 2.30. The lowest BCUT2D eigenvalue weighted by Crippen LogP contribution is -2.54. The topological polar surface area (TPSA) is 58.6 Å². The second-order valence-corrected chi connectivity index (χ2v) is 5.31. The smallest absolute Gasteiger partial charge is 0.245 e. The zero-order chi connectivity index (χ0) is 15.2. The summed E-state index contributed by atoms with van der Waals surface area (Å²) in [6, 6.07) is 4.69. The first kappa shape index (κ1) is 15.8. The van der Waals surface area contributed by atoms with E-state index in [0.717, 1.165) is 18.4 Å². The van der Waals surface area contributed by atoms with Gasteiger partial charge in [-0.15, -0.1) is 0 Å². The molecule has 1 heterocycles. The number of carbonyl (C=O) groups is 2. The average molecular weight is 311 g/mol. The molecule has 1 unspecified atom stereocenters. The van der Waals surface area contributed by atoms with Crippen LogP contribution in [0, 0.1) is 0 Å². The van der Waals surface area contributed by atoms with Crippen molar-refractivity contribution in [3.8, 4) is 0 Å². The minimum atomic E-state index is -0.398. The highest BCUT2D eigenvalue weighted by Crippen LogP contribution is 2.29. The van der Waals surface area contributed by atoms with Gasteiger partial charge in [0.25, 0.3) is 0 Å². The van der Waals surface area contributed by atoms with E-state index < -0.39 is 6.04 Å². The highest BCUT2D eigenvalue weighted by molar-refractivity contribution is 6.33. The number of anilines is 1. The number of hydrogen-bond acceptors (Lipinski definition) is 4. The van der Waals surface area contributed by atoms with Crippen LogP contribution in [0.2, 0.25) is 5.02 Å². The number of nitrogens with zero attached hydrogens (tertiary/aromatic N) is 1. The zero-order valence-electron chi connectivity index (χ0n) is 12.0. The van der Waals surface area contributed by atoms with E-state index in [-0.39, 0.29) is 5.91 Å². The van der Waals surface area contributed by atoms with Crippen LogP contribution in [0.15, 0.2) is 18.2 Å². The number of benzene rings is 1. The molecule has 114 valence electrons. The third-order valence-electron chi connectivity index (χ3n) is 3.40. The Bertz CT molecular complexity index is 522. The number of carbonyl (C=O) groups excluding carboxylic acids is 2. The summed E-state index contributed by atoms with van der Waals surface area (Å²) in [6.07, 6.45) is 1.63. The fraction of sp³-hybridized carbons (Fsp3) is 0.467. The fourth-order valence-corrected chi connectivity index (χ4v) is 2.60. The molecule has 1 aliphatic heterocycles. The van der Waals surface area contributed by atoms with Gasteiger partial charge in [0.1, 0.15) is 12.3 Å². The van der Waals surface area contributed by atoms with Gasteiger partial charge in [-0.25, -0.2) is 0 Å². The van der Waals surface area contributed by atoms with Gasteiger partial charge in [-0.1, -0.05) is 18.5 Å². The molecule has 0 aromatic heterocycles. The molecule has 2 rings (SSSR count). The van der Waals surface area contributed by atoms with Gasteiger partial charge >= 0.3 is 0 Å². The van der Waals surface area contributed by atoms with Crippen molar-refractivity contribution in [1.82, 2.24) is 5.32 Å². The number of rotatable bonds is 5. The van der Waals surface area contributed by atoms with E-state index in [9.17, 15) is 9.59 Å². The molecule has 1 aromatic carbocycles. The molecule has 0 bridgehead atoms. The van der Waals surface area contributed by atoms with Crippen molar-refractivity contribution in [2.24, 2.45) is 0 Å². The Balaban J connectivity index is 2.22. The Kier molecular flexibility index (Phi) is 5.59. The third-order valence-corrected chi connectivity index (χ3v) is 3.70. The maximum atomic E-state index is 12.2. The summed E-state index contributed by atoms with van der Waals surface area (Å²) >= 11 is 6.24. The molecule has 1 atom stereocenters. The van der Waals surface area contributed by atoms with Crippen molar-refractivity contribution in [1.29, 1.82) is 0 Å². The number of morpholine rings is 1. The Morgan fingerprint density at radius 3 is 3.05 bits per heavy atom. The van der Waals surface area contributed by atoms with Crippen LogP contribution < -0.4 is 10.2 Å². The minimum Gasteiger partial charge on any atom is -0.377 e. The van der Waals surface area contributed by atoms with Crippen LogP contribution in [-0.4, -0.2) is 44.5 Å². The molecule has 0 aliphatic carbocycles. The van der Waals surface area contributed by atoms with Gasteiger partial charge in [0.05, 0.1) is 23.9 Å². The monoisotopic (exact) mass is 310 g/mol. The molecule has 0 saturated carbocycles. The summed E-state index contributed by atoms with van der Waals surface area (Å²) in [5.74, 6) is -0.0629. The van der Waals surface area contributed by atoms with E-state index in [4.69, 9.17) is 16.3 Å². The van der Waals surface area contributed by atoms with Crippen LogP contribution in [0.1, 0.15) is 23.7 Å². The van der Waals surface area contributed by atoms with Crippen molar-refractivity contribution < 1.29 is 14.3 Å². The standard InChI is InChI=1S/C15H19ClN2O3/c1-2-5-17-15(20)14-10-21-7-6-18(14)13-4-3-11(9-19)8-12(13)16/h3-4,8-9,14H,2,5-7,10H2,1H3,(H,17,20). The predicted octanol–water partition coefficient (Wildman–Crippen LogP) is 1.88. The van der Waals surface area contributed by atoms with Gasteiger partial charge in [-0.3, -0.25) is 9.59 Å². The van der Waals surface area contributed by atoms with E-state index in [1.165, 1.54) is 0 Å². The Hall–Kier alpha value is -1.59. The number of halogens is 1. The lowest BCUT2D eigenvalue weighted by Gasteiger charge is -2.36. The first-order chi connectivity index (χ1) is 10.2. The zero-order valence-corrected chi connectivity index (χ0v) is 12.7. The molecule has 1 saturated heterocycles. The van der Waals surface area contributed by atoms with Crippen molar-refractivity contribution in [3.63, 3.8) is 0 Å². The largest absolute Gasteiger partial charge is 0.377 e. The van der Waals surface area contributed by atoms with E-state index in [1.54, 1.807) is 18.2 Å². The third kappa shape index (κ3) is 3.74. The van der Waals surface area contributed by atoms with Crippen LogP contribution in [0.3, 0.4) is 0 Å². The first-order valence-electron chi connectivity index (χ1n) is 7.04. The van der Waals surface area contributed by atoms with Crippen LogP contribution in [0.25, 0.3) is 0 Å². The molecule has 5 nitrogen and oxygen atoms in total. The van der Waals surface area contributed by atoms with Gasteiger partial charge < -0.3 is 15.0 Å². The number of aldehydes is 1. The number of nitrogens with one attached hydrogen (secondary N) is 1. The molecule has 0 spiro atoms. The van der Waals surface area contributed by atoms with Gasteiger partial charge in [-0.05, 0) is 24.6 Å². The lowest BCUT2D eigenvalue weighted by atomic mass is 10.1. The molecule has 0 radical (unpaired) electrons. The highest BCUT2D eigenvalue weighted by atomic mass is 35.5. The van der Waals surface area contributed by atoms with E-state index in [1.807, 2.05) is 11.8 Å². The van der Waals surface area contributed by atoms with Crippen molar-refractivity contribution >= 4 is 29.5 Å². The van der Waals surface area contributed by atoms with Crippen molar-refractivity contribution in [2.45, 2.75) is 19.4 Å². The molecular weight excluding hydrogens is 292 g/mol. The summed E-state index contributed by atoms with van der Waals surface area (Å²) in [6.45, 7) is 4.11. The van der Waals surface area contributed by atoms with Gasteiger partial charge in [0, 0.05) is 18.7 Å². The molecular formula is C15H19ClN2O3. The van der Waals surface area contributed by atoms with Crippen molar-refractivity contribution in [3.05, 3.63) is 28.8 Å². The number of ether oxygens (including phenoxy) is 1. The second kappa shape index (κ2) is 7.43. The van der Waals surface area contributed by atoms with Gasteiger partial charge in [-0.2, -0.15) is 0 Å². The quantitative estimate of drug-likeness (QED) is 0.844. The Morgan fingerprint density at radius 1 is 1.57 bits per heavy atom.